The van der Waals surface area contributed by atoms with E-state index in [2.05, 4.69) is 4.85 Å². The van der Waals surface area contributed by atoms with Gasteiger partial charge in [-0.05, 0) is 20.8 Å². The smallest absolute Gasteiger partial charge is 0.410 e. The average molecular weight is 316 g/mol. The van der Waals surface area contributed by atoms with Crippen LogP contribution in [0.15, 0.2) is 23.4 Å². The quantitative estimate of drug-likeness (QED) is 0.507. The molecule has 0 aromatic rings. The highest BCUT2D eigenvalue weighted by Gasteiger charge is 2.49. The van der Waals surface area contributed by atoms with Crippen molar-refractivity contribution in [2.24, 2.45) is 10.8 Å². The van der Waals surface area contributed by atoms with E-state index in [-0.39, 0.29) is 17.6 Å². The van der Waals surface area contributed by atoms with Crippen LogP contribution in [0.4, 0.5) is 4.79 Å². The van der Waals surface area contributed by atoms with Gasteiger partial charge in [0.1, 0.15) is 5.60 Å². The zero-order valence-corrected chi connectivity index (χ0v) is 14.7. The summed E-state index contributed by atoms with van der Waals surface area (Å²) < 4.78 is 5.44. The lowest BCUT2D eigenvalue weighted by Crippen LogP contribution is -2.51. The number of hydrogen-bond acceptors (Lipinski definition) is 3. The molecule has 2 rings (SSSR count). The van der Waals surface area contributed by atoms with Gasteiger partial charge >= 0.3 is 6.09 Å². The number of fused-ring (bicyclic) bond motifs is 1. The molecule has 2 aliphatic rings. The van der Waals surface area contributed by atoms with Crippen LogP contribution < -0.4 is 0 Å². The summed E-state index contributed by atoms with van der Waals surface area (Å²) in [6, 6.07) is 0. The van der Waals surface area contributed by atoms with E-state index >= 15 is 0 Å². The van der Waals surface area contributed by atoms with Crippen LogP contribution in [0.1, 0.15) is 41.5 Å². The first-order valence-electron chi connectivity index (χ1n) is 7.75. The zero-order valence-electron chi connectivity index (χ0n) is 14.7. The molecule has 5 nitrogen and oxygen atoms in total. The standard InChI is InChI=1S/C18H24N2O3/c1-16(2,3)23-15(22)20-9-8-13-17(4,5)14(21)12(19-7)10-18(13,6)11-20/h8,10H,9,11H2,1-6H3. The fourth-order valence-electron chi connectivity index (χ4n) is 3.43. The molecule has 0 aromatic carbocycles. The highest BCUT2D eigenvalue weighted by Crippen LogP contribution is 2.49. The number of allylic oxidation sites excluding steroid dienone is 1. The topological polar surface area (TPSA) is 51.0 Å². The molecule has 0 saturated carbocycles. The maximum Gasteiger partial charge on any atom is 0.410 e. The zero-order chi connectivity index (χ0) is 17.6. The van der Waals surface area contributed by atoms with Gasteiger partial charge in [-0.3, -0.25) is 0 Å². The molecular weight excluding hydrogens is 292 g/mol. The molecule has 0 spiro atoms. The number of ether oxygens (including phenoxy) is 1. The van der Waals surface area contributed by atoms with Crippen molar-refractivity contribution in [1.29, 1.82) is 0 Å². The molecule has 0 bridgehead atoms. The van der Waals surface area contributed by atoms with Crippen molar-refractivity contribution < 1.29 is 14.3 Å². The van der Waals surface area contributed by atoms with Gasteiger partial charge in [0, 0.05) is 23.9 Å². The summed E-state index contributed by atoms with van der Waals surface area (Å²) in [5.41, 5.74) is -0.667. The first kappa shape index (κ1) is 17.3. The number of carbonyl (C=O) groups is 2. The second-order valence-electron chi connectivity index (χ2n) is 7.99. The van der Waals surface area contributed by atoms with Crippen LogP contribution in [0.25, 0.3) is 4.85 Å². The van der Waals surface area contributed by atoms with Crippen LogP contribution in [0.5, 0.6) is 0 Å². The molecule has 0 N–H and O–H groups in total. The summed E-state index contributed by atoms with van der Waals surface area (Å²) in [7, 11) is 0. The van der Waals surface area contributed by atoms with Crippen LogP contribution in [0.2, 0.25) is 0 Å². The number of hydrogen-bond donors (Lipinski definition) is 0. The van der Waals surface area contributed by atoms with Gasteiger partial charge < -0.3 is 14.4 Å². The molecule has 1 aliphatic carbocycles. The fourth-order valence-corrected chi connectivity index (χ4v) is 3.43. The van der Waals surface area contributed by atoms with Crippen LogP contribution in [0, 0.1) is 17.4 Å². The normalized spacial score (nSPS) is 26.7. The Bertz CT molecular complexity index is 659. The van der Waals surface area contributed by atoms with Crippen molar-refractivity contribution in [3.05, 3.63) is 34.8 Å². The van der Waals surface area contributed by atoms with E-state index in [1.807, 2.05) is 47.6 Å². The molecule has 0 fully saturated rings. The van der Waals surface area contributed by atoms with E-state index in [0.717, 1.165) is 5.57 Å². The van der Waals surface area contributed by atoms with Gasteiger partial charge in [0.25, 0.3) is 0 Å². The first-order valence-corrected chi connectivity index (χ1v) is 7.75. The van der Waals surface area contributed by atoms with Gasteiger partial charge in [-0.2, -0.15) is 0 Å². The molecule has 0 saturated heterocycles. The molecule has 0 aromatic heterocycles. The molecule has 1 heterocycles. The maximum absolute atomic E-state index is 12.5. The highest BCUT2D eigenvalue weighted by molar-refractivity contribution is 6.04. The Morgan fingerprint density at radius 1 is 1.35 bits per heavy atom. The monoisotopic (exact) mass is 316 g/mol. The second-order valence-corrected chi connectivity index (χ2v) is 7.99. The highest BCUT2D eigenvalue weighted by atomic mass is 16.6. The van der Waals surface area contributed by atoms with Gasteiger partial charge in [-0.25, -0.2) is 9.64 Å². The lowest BCUT2D eigenvalue weighted by atomic mass is 9.61. The fraction of sp³-hybridized carbons (Fsp3) is 0.611. The van der Waals surface area contributed by atoms with Gasteiger partial charge in [0.2, 0.25) is 5.70 Å². The number of carbonyl (C=O) groups excluding carboxylic acids is 2. The molecule has 1 atom stereocenters. The average Bonchev–Trinajstić information content (AvgIpc) is 2.40. The van der Waals surface area contributed by atoms with E-state index in [9.17, 15) is 9.59 Å². The third-order valence-electron chi connectivity index (χ3n) is 4.35. The van der Waals surface area contributed by atoms with Crippen LogP contribution in [-0.2, 0) is 9.53 Å². The minimum absolute atomic E-state index is 0.151. The summed E-state index contributed by atoms with van der Waals surface area (Å²) in [5, 5.41) is 0. The minimum atomic E-state index is -0.719. The van der Waals surface area contributed by atoms with E-state index < -0.39 is 16.4 Å². The molecule has 1 unspecified atom stereocenters. The summed E-state index contributed by atoms with van der Waals surface area (Å²) in [6.45, 7) is 19.2. The Balaban J connectivity index is 2.38. The Morgan fingerprint density at radius 2 is 1.96 bits per heavy atom. The summed E-state index contributed by atoms with van der Waals surface area (Å²) in [5.74, 6) is -0.151. The van der Waals surface area contributed by atoms with Gasteiger partial charge in [0.15, 0.2) is 5.78 Å². The largest absolute Gasteiger partial charge is 0.444 e. The minimum Gasteiger partial charge on any atom is -0.444 e. The molecule has 5 heteroatoms. The Kier molecular flexibility index (Phi) is 3.92. The number of Topliss-reactive ketones (excluding diaryl/α,β-unsaturated/α-hetero) is 1. The van der Waals surface area contributed by atoms with Crippen molar-refractivity contribution in [3.63, 3.8) is 0 Å². The predicted molar refractivity (Wildman–Crippen MR) is 87.5 cm³/mol. The first-order chi connectivity index (χ1) is 10.4. The summed E-state index contributed by atoms with van der Waals surface area (Å²) in [6.07, 6.45) is 3.26. The molecule has 23 heavy (non-hydrogen) atoms. The van der Waals surface area contributed by atoms with Crippen molar-refractivity contribution in [2.45, 2.75) is 47.1 Å². The van der Waals surface area contributed by atoms with Crippen molar-refractivity contribution >= 4 is 11.9 Å². The second kappa shape index (κ2) is 5.23. The Hall–Kier alpha value is -2.09. The molecular formula is C18H24N2O3. The maximum atomic E-state index is 12.5. The summed E-state index contributed by atoms with van der Waals surface area (Å²) in [4.78, 5) is 29.8. The van der Waals surface area contributed by atoms with Crippen molar-refractivity contribution in [2.75, 3.05) is 13.1 Å². The van der Waals surface area contributed by atoms with E-state index in [1.165, 1.54) is 0 Å². The van der Waals surface area contributed by atoms with Crippen LogP contribution in [-0.4, -0.2) is 35.5 Å². The van der Waals surface area contributed by atoms with Crippen molar-refractivity contribution in [3.8, 4) is 0 Å². The van der Waals surface area contributed by atoms with Crippen LogP contribution in [0.3, 0.4) is 0 Å². The number of ketones is 1. The molecule has 124 valence electrons. The van der Waals surface area contributed by atoms with Crippen LogP contribution >= 0.6 is 0 Å². The van der Waals surface area contributed by atoms with E-state index in [1.54, 1.807) is 11.0 Å². The number of amides is 1. The SMILES string of the molecule is [C-]#[N+]C1=CC2(C)CN(C(=O)OC(C)(C)C)CC=C2C(C)(C)C1=O. The Morgan fingerprint density at radius 3 is 2.48 bits per heavy atom. The summed E-state index contributed by atoms with van der Waals surface area (Å²) >= 11 is 0. The molecule has 1 aliphatic heterocycles. The van der Waals surface area contributed by atoms with Gasteiger partial charge in [-0.15, -0.1) is 0 Å². The predicted octanol–water partition coefficient (Wildman–Crippen LogP) is 3.58. The van der Waals surface area contributed by atoms with Gasteiger partial charge in [-0.1, -0.05) is 38.5 Å². The molecule has 1 amide bonds. The lowest BCUT2D eigenvalue weighted by Gasteiger charge is -2.47. The number of rotatable bonds is 0. The van der Waals surface area contributed by atoms with E-state index in [4.69, 9.17) is 11.3 Å². The molecule has 0 radical (unpaired) electrons. The third-order valence-corrected chi connectivity index (χ3v) is 4.35. The lowest BCUT2D eigenvalue weighted by molar-refractivity contribution is -0.122. The number of nitrogens with zero attached hydrogens (tertiary/aromatic N) is 2. The Labute approximate surface area is 137 Å². The van der Waals surface area contributed by atoms with E-state index in [0.29, 0.717) is 13.1 Å². The van der Waals surface area contributed by atoms with Gasteiger partial charge in [0.05, 0.1) is 6.57 Å². The third kappa shape index (κ3) is 3.03. The van der Waals surface area contributed by atoms with Crippen molar-refractivity contribution in [1.82, 2.24) is 4.90 Å².